The Morgan fingerprint density at radius 1 is 0.707 bits per heavy atom. The normalized spacial score (nSPS) is 17.5. The molecule has 0 nitrogen and oxygen atoms in total. The summed E-state index contributed by atoms with van der Waals surface area (Å²) in [4.78, 5) is 0. The van der Waals surface area contributed by atoms with E-state index in [9.17, 15) is 0 Å². The van der Waals surface area contributed by atoms with Crippen molar-refractivity contribution in [3.8, 4) is 22.3 Å². The molecule has 2 atom stereocenters. The molecule has 0 saturated carbocycles. The molecule has 0 radical (unpaired) electrons. The van der Waals surface area contributed by atoms with Gasteiger partial charge in [0.05, 0.1) is 0 Å². The van der Waals surface area contributed by atoms with Crippen LogP contribution in [0.5, 0.6) is 0 Å². The zero-order valence-electron chi connectivity index (χ0n) is 25.1. The SMILES string of the molecule is Cc1ccc2c(c1-c1cc(C(C)C)cc(C(C)C)c1)C=C(C(C)C)[CH]2[Zr+2]1[c]2cccc3c2[SiH]1c1ccccc1-3.[Cl-].[Cl-]. The van der Waals surface area contributed by atoms with Crippen LogP contribution in [0.15, 0.2) is 78.4 Å². The maximum atomic E-state index is 2.66. The van der Waals surface area contributed by atoms with E-state index in [0.717, 1.165) is 0 Å². The Morgan fingerprint density at radius 3 is 2.02 bits per heavy atom. The number of allylic oxidation sites excluding steroid dienone is 1. The summed E-state index contributed by atoms with van der Waals surface area (Å²) in [6.07, 6.45) is 2.66. The molecule has 0 amide bonds. The minimum absolute atomic E-state index is 0. The van der Waals surface area contributed by atoms with Gasteiger partial charge in [0, 0.05) is 0 Å². The second-order valence-corrected chi connectivity index (χ2v) is 27.9. The van der Waals surface area contributed by atoms with Crippen LogP contribution < -0.4 is 38.5 Å². The van der Waals surface area contributed by atoms with Crippen LogP contribution in [0.4, 0.5) is 0 Å². The van der Waals surface area contributed by atoms with E-state index in [1.807, 2.05) is 8.46 Å². The average molecular weight is 674 g/mol. The van der Waals surface area contributed by atoms with Gasteiger partial charge >= 0.3 is 245 Å². The van der Waals surface area contributed by atoms with Gasteiger partial charge in [-0.2, -0.15) is 0 Å². The zero-order chi connectivity index (χ0) is 27.2. The number of aryl methyl sites for hydroxylation is 1. The smallest absolute Gasteiger partial charge is 1.00 e. The molecule has 4 heteroatoms. The quantitative estimate of drug-likeness (QED) is 0.284. The molecule has 3 aliphatic rings. The first kappa shape index (κ1) is 30.7. The second kappa shape index (κ2) is 11.4. The van der Waals surface area contributed by atoms with Crippen molar-refractivity contribution in [3.05, 3.63) is 106 Å². The monoisotopic (exact) mass is 671 g/mol. The van der Waals surface area contributed by atoms with Crippen LogP contribution >= 0.6 is 0 Å². The summed E-state index contributed by atoms with van der Waals surface area (Å²) >= 11 is -1.99. The number of hydrogen-bond acceptors (Lipinski definition) is 0. The van der Waals surface area contributed by atoms with E-state index in [-0.39, 0.29) is 24.8 Å². The number of rotatable bonds is 5. The third kappa shape index (κ3) is 4.64. The molecular weight excluding hydrogens is 635 g/mol. The summed E-state index contributed by atoms with van der Waals surface area (Å²) in [5.74, 6) is 0.553. The maximum absolute atomic E-state index is 2.66. The van der Waals surface area contributed by atoms with Gasteiger partial charge in [-0.1, -0.05) is 0 Å². The molecule has 0 aromatic heterocycles. The first-order chi connectivity index (χ1) is 18.8. The van der Waals surface area contributed by atoms with E-state index in [4.69, 9.17) is 0 Å². The Labute approximate surface area is 267 Å². The summed E-state index contributed by atoms with van der Waals surface area (Å²) in [5, 5.41) is 3.58. The van der Waals surface area contributed by atoms with Crippen LogP contribution in [0.1, 0.15) is 84.8 Å². The Bertz CT molecular complexity index is 1660. The summed E-state index contributed by atoms with van der Waals surface area (Å²) in [6.45, 7) is 16.5. The van der Waals surface area contributed by atoms with Crippen molar-refractivity contribution >= 4 is 25.6 Å². The molecule has 4 aromatic carbocycles. The van der Waals surface area contributed by atoms with Gasteiger partial charge in [-0.15, -0.1) is 0 Å². The topological polar surface area (TPSA) is 0 Å². The second-order valence-electron chi connectivity index (χ2n) is 12.9. The molecule has 4 aromatic rings. The molecule has 2 heterocycles. The maximum Gasteiger partial charge on any atom is -1.00 e. The van der Waals surface area contributed by atoms with E-state index in [1.165, 1.54) is 33.4 Å². The molecule has 41 heavy (non-hydrogen) atoms. The Balaban J connectivity index is 0.00000169. The Kier molecular flexibility index (Phi) is 8.57. The first-order valence-corrected chi connectivity index (χ1v) is 23.5. The van der Waals surface area contributed by atoms with Crippen molar-refractivity contribution < 1.29 is 45.7 Å². The molecule has 2 unspecified atom stereocenters. The van der Waals surface area contributed by atoms with E-state index < -0.39 is 26.8 Å². The van der Waals surface area contributed by atoms with E-state index >= 15 is 0 Å². The Hall–Kier alpha value is -1.70. The third-order valence-electron chi connectivity index (χ3n) is 9.60. The van der Waals surface area contributed by atoms with Crippen molar-refractivity contribution in [2.75, 3.05) is 0 Å². The first-order valence-electron chi connectivity index (χ1n) is 14.9. The molecular formula is C37H39Cl2SiZr. The fourth-order valence-electron chi connectivity index (χ4n) is 7.53. The standard InChI is InChI=1S/C25H31.C12H8Si.2ClH.Zr/c1-15(2)20-11-21(16(3)4)13-23(12-20)25-18(7)8-9-19-10-22(17(5)6)14-24(19)25;1-3-7-11-9(5-1)10-6-2-4-8-12(10)13-11;;;/h8-17H,1-7H3;1-7,13H;2*1H;/q;;;;+2/p-2. The van der Waals surface area contributed by atoms with E-state index in [2.05, 4.69) is 127 Å². The predicted molar refractivity (Wildman–Crippen MR) is 168 cm³/mol. The van der Waals surface area contributed by atoms with Crippen molar-refractivity contribution in [1.29, 1.82) is 0 Å². The van der Waals surface area contributed by atoms with Gasteiger partial charge < -0.3 is 24.8 Å². The number of fused-ring (bicyclic) bond motifs is 4. The van der Waals surface area contributed by atoms with Crippen LogP contribution in [-0.2, 0) is 20.9 Å². The molecule has 2 aliphatic heterocycles. The van der Waals surface area contributed by atoms with Crippen LogP contribution in [0.3, 0.4) is 0 Å². The van der Waals surface area contributed by atoms with E-state index in [1.54, 1.807) is 27.5 Å². The van der Waals surface area contributed by atoms with Gasteiger partial charge in [0.25, 0.3) is 0 Å². The van der Waals surface area contributed by atoms with Gasteiger partial charge in [0.2, 0.25) is 0 Å². The van der Waals surface area contributed by atoms with Crippen molar-refractivity contribution in [3.63, 3.8) is 0 Å². The summed E-state index contributed by atoms with van der Waals surface area (Å²) in [6, 6.07) is 29.1. The largest absolute Gasteiger partial charge is 1.00 e. The number of hydrogen-bond donors (Lipinski definition) is 0. The molecule has 7 rings (SSSR count). The van der Waals surface area contributed by atoms with Crippen LogP contribution in [0, 0.1) is 12.8 Å². The summed E-state index contributed by atoms with van der Waals surface area (Å²) in [7, 11) is 0. The number of benzene rings is 4. The predicted octanol–water partition coefficient (Wildman–Crippen LogP) is 1.79. The molecule has 0 saturated heterocycles. The average Bonchev–Trinajstić information content (AvgIpc) is 3.43. The van der Waals surface area contributed by atoms with Crippen LogP contribution in [-0.4, -0.2) is 5.92 Å². The van der Waals surface area contributed by atoms with Crippen LogP contribution in [0.2, 0.25) is 0 Å². The van der Waals surface area contributed by atoms with E-state index in [0.29, 0.717) is 21.4 Å². The molecule has 0 N–H and O–H groups in total. The molecule has 209 valence electrons. The minimum Gasteiger partial charge on any atom is -1.00 e. The van der Waals surface area contributed by atoms with Gasteiger partial charge in [-0.25, -0.2) is 0 Å². The molecule has 0 fully saturated rings. The molecule has 0 spiro atoms. The van der Waals surface area contributed by atoms with Gasteiger partial charge in [0.1, 0.15) is 0 Å². The van der Waals surface area contributed by atoms with Crippen LogP contribution in [0.25, 0.3) is 28.3 Å². The fraction of sp³-hybridized carbons (Fsp3) is 0.297. The fourth-order valence-corrected chi connectivity index (χ4v) is 34.0. The zero-order valence-corrected chi connectivity index (χ0v) is 30.3. The van der Waals surface area contributed by atoms with Crippen molar-refractivity contribution in [1.82, 2.24) is 0 Å². The number of halogens is 2. The van der Waals surface area contributed by atoms with Gasteiger partial charge in [-0.05, 0) is 0 Å². The molecule has 1 aliphatic carbocycles. The summed E-state index contributed by atoms with van der Waals surface area (Å²) in [5.41, 5.74) is 15.3. The minimum atomic E-state index is -1.99. The van der Waals surface area contributed by atoms with Crippen molar-refractivity contribution in [2.45, 2.75) is 63.9 Å². The van der Waals surface area contributed by atoms with Gasteiger partial charge in [0.15, 0.2) is 0 Å². The third-order valence-corrected chi connectivity index (χ3v) is 31.8. The van der Waals surface area contributed by atoms with Gasteiger partial charge in [-0.3, -0.25) is 0 Å². The summed E-state index contributed by atoms with van der Waals surface area (Å²) < 4.78 is 2.52. The Morgan fingerprint density at radius 2 is 1.37 bits per heavy atom. The molecule has 0 bridgehead atoms. The van der Waals surface area contributed by atoms with Crippen molar-refractivity contribution in [2.24, 2.45) is 5.92 Å².